The van der Waals surface area contributed by atoms with Crippen LogP contribution in [0, 0.1) is 16.6 Å². The Morgan fingerprint density at radius 1 is 1.24 bits per heavy atom. The number of ketones is 1. The van der Waals surface area contributed by atoms with E-state index in [1.165, 1.54) is 12.3 Å². The van der Waals surface area contributed by atoms with Crippen molar-refractivity contribution in [3.8, 4) is 0 Å². The number of hydrogen-bond acceptors (Lipinski definition) is 2. The number of halogens is 2. The number of Topliss-reactive ketones (excluding diaryl/α,β-unsaturated/α-hetero) is 1. The van der Waals surface area contributed by atoms with Gasteiger partial charge in [0.25, 0.3) is 0 Å². The first-order chi connectivity index (χ1) is 11.5. The van der Waals surface area contributed by atoms with E-state index >= 15 is 0 Å². The van der Waals surface area contributed by atoms with E-state index in [-0.39, 0.29) is 36.8 Å². The summed E-state index contributed by atoms with van der Waals surface area (Å²) in [5.74, 6) is -0.389. The monoisotopic (exact) mass is 358 g/mol. The number of rotatable bonds is 6. The highest BCUT2D eigenvalue weighted by molar-refractivity contribution is 6.04. The van der Waals surface area contributed by atoms with Gasteiger partial charge in [-0.15, -0.1) is 12.4 Å². The van der Waals surface area contributed by atoms with Gasteiger partial charge < -0.3 is 10.4 Å². The molecule has 1 atom stereocenters. The first-order valence-corrected chi connectivity index (χ1v) is 7.88. The van der Waals surface area contributed by atoms with E-state index < -0.39 is 5.41 Å². The van der Waals surface area contributed by atoms with Crippen molar-refractivity contribution < 1.29 is 9.18 Å². The molecule has 130 valence electrons. The SMILES string of the molecule is CC(CC=N)(Cc1ccccc1F)C(=O)c1ccc2[nH]ccc2c1.Cl. The largest absolute Gasteiger partial charge is 0.361 e. The summed E-state index contributed by atoms with van der Waals surface area (Å²) in [5.41, 5.74) is 1.20. The predicted octanol–water partition coefficient (Wildman–Crippen LogP) is 5.20. The van der Waals surface area contributed by atoms with Gasteiger partial charge in [0.2, 0.25) is 0 Å². The summed E-state index contributed by atoms with van der Waals surface area (Å²) >= 11 is 0. The molecule has 0 aliphatic carbocycles. The maximum atomic E-state index is 14.0. The van der Waals surface area contributed by atoms with E-state index in [4.69, 9.17) is 5.41 Å². The molecular formula is C20H20ClFN2O. The minimum absolute atomic E-state index is 0. The summed E-state index contributed by atoms with van der Waals surface area (Å²) in [5, 5.41) is 8.43. The third-order valence-electron chi connectivity index (χ3n) is 4.45. The van der Waals surface area contributed by atoms with Gasteiger partial charge in [0.1, 0.15) is 5.82 Å². The van der Waals surface area contributed by atoms with Crippen LogP contribution < -0.4 is 0 Å². The summed E-state index contributed by atoms with van der Waals surface area (Å²) < 4.78 is 14.0. The van der Waals surface area contributed by atoms with Crippen molar-refractivity contribution in [1.29, 1.82) is 5.41 Å². The van der Waals surface area contributed by atoms with Gasteiger partial charge in [-0.25, -0.2) is 4.39 Å². The van der Waals surface area contributed by atoms with Crippen LogP contribution in [0.15, 0.2) is 54.7 Å². The number of H-pyrrole nitrogens is 1. The molecule has 0 amide bonds. The van der Waals surface area contributed by atoms with Gasteiger partial charge in [-0.1, -0.05) is 25.1 Å². The molecule has 1 unspecified atom stereocenters. The van der Waals surface area contributed by atoms with Gasteiger partial charge in [0.15, 0.2) is 5.78 Å². The topological polar surface area (TPSA) is 56.7 Å². The predicted molar refractivity (Wildman–Crippen MR) is 101 cm³/mol. The smallest absolute Gasteiger partial charge is 0.169 e. The Bertz CT molecular complexity index is 905. The lowest BCUT2D eigenvalue weighted by atomic mass is 9.75. The van der Waals surface area contributed by atoms with Crippen LogP contribution in [0.5, 0.6) is 0 Å². The number of benzene rings is 2. The molecule has 25 heavy (non-hydrogen) atoms. The molecule has 0 saturated carbocycles. The zero-order chi connectivity index (χ0) is 17.2. The van der Waals surface area contributed by atoms with Crippen molar-refractivity contribution in [3.63, 3.8) is 0 Å². The quantitative estimate of drug-likeness (QED) is 0.461. The second-order valence-corrected chi connectivity index (χ2v) is 6.35. The molecule has 0 saturated heterocycles. The molecule has 0 bridgehead atoms. The van der Waals surface area contributed by atoms with E-state index in [0.717, 1.165) is 10.9 Å². The van der Waals surface area contributed by atoms with Crippen LogP contribution in [0.3, 0.4) is 0 Å². The molecule has 2 N–H and O–H groups in total. The maximum absolute atomic E-state index is 14.0. The highest BCUT2D eigenvalue weighted by Crippen LogP contribution is 2.32. The first kappa shape index (κ1) is 18.9. The minimum atomic E-state index is -0.853. The number of aromatic nitrogens is 1. The van der Waals surface area contributed by atoms with Crippen molar-refractivity contribution in [3.05, 3.63) is 71.7 Å². The molecule has 3 nitrogen and oxygen atoms in total. The summed E-state index contributed by atoms with van der Waals surface area (Å²) in [6.07, 6.45) is 3.59. The number of fused-ring (bicyclic) bond motifs is 1. The number of aromatic amines is 1. The highest BCUT2D eigenvalue weighted by Gasteiger charge is 2.34. The van der Waals surface area contributed by atoms with Crippen LogP contribution in [0.2, 0.25) is 0 Å². The van der Waals surface area contributed by atoms with E-state index in [1.807, 2.05) is 24.4 Å². The third-order valence-corrected chi connectivity index (χ3v) is 4.45. The van der Waals surface area contributed by atoms with E-state index in [0.29, 0.717) is 11.1 Å². The molecular weight excluding hydrogens is 339 g/mol. The van der Waals surface area contributed by atoms with E-state index in [9.17, 15) is 9.18 Å². The van der Waals surface area contributed by atoms with E-state index in [1.54, 1.807) is 31.2 Å². The standard InChI is InChI=1S/C20H19FN2O.ClH/c1-20(9-10-22,13-16-4-2-3-5-17(16)21)19(24)15-6-7-18-14(12-15)8-11-23-18;/h2-8,10-12,22-23H,9,13H2,1H3;1H. The van der Waals surface area contributed by atoms with Crippen LogP contribution in [0.25, 0.3) is 10.9 Å². The summed E-state index contributed by atoms with van der Waals surface area (Å²) in [6.45, 7) is 1.80. The van der Waals surface area contributed by atoms with Crippen molar-refractivity contribution >= 4 is 35.3 Å². The van der Waals surface area contributed by atoms with Crippen LogP contribution >= 0.6 is 12.4 Å². The fourth-order valence-electron chi connectivity index (χ4n) is 3.08. The Morgan fingerprint density at radius 3 is 2.72 bits per heavy atom. The highest BCUT2D eigenvalue weighted by atomic mass is 35.5. The number of carbonyl (C=O) groups excluding carboxylic acids is 1. The van der Waals surface area contributed by atoms with Gasteiger partial charge in [-0.2, -0.15) is 0 Å². The number of hydrogen-bond donors (Lipinski definition) is 2. The zero-order valence-corrected chi connectivity index (χ0v) is 14.7. The average molecular weight is 359 g/mol. The fourth-order valence-corrected chi connectivity index (χ4v) is 3.08. The number of nitrogens with one attached hydrogen (secondary N) is 2. The molecule has 0 spiro atoms. The van der Waals surface area contributed by atoms with Gasteiger partial charge >= 0.3 is 0 Å². The van der Waals surface area contributed by atoms with Gasteiger partial charge in [0, 0.05) is 28.1 Å². The first-order valence-electron chi connectivity index (χ1n) is 7.88. The zero-order valence-electron chi connectivity index (χ0n) is 13.9. The average Bonchev–Trinajstić information content (AvgIpc) is 3.04. The third kappa shape index (κ3) is 3.80. The Labute approximate surface area is 152 Å². The summed E-state index contributed by atoms with van der Waals surface area (Å²) in [4.78, 5) is 16.2. The molecule has 1 heterocycles. The van der Waals surface area contributed by atoms with Gasteiger partial charge in [-0.05, 0) is 55.0 Å². The van der Waals surface area contributed by atoms with Crippen molar-refractivity contribution in [2.24, 2.45) is 5.41 Å². The molecule has 0 aliphatic heterocycles. The Kier molecular flexibility index (Phi) is 5.75. The Hall–Kier alpha value is -2.46. The molecule has 1 aromatic heterocycles. The van der Waals surface area contributed by atoms with Crippen molar-refractivity contribution in [2.75, 3.05) is 0 Å². The lowest BCUT2D eigenvalue weighted by molar-refractivity contribution is 0.0823. The van der Waals surface area contributed by atoms with Crippen LogP contribution in [0.4, 0.5) is 4.39 Å². The minimum Gasteiger partial charge on any atom is -0.361 e. The Balaban J connectivity index is 0.00000225. The second kappa shape index (κ2) is 7.62. The molecule has 0 fully saturated rings. The summed E-state index contributed by atoms with van der Waals surface area (Å²) in [7, 11) is 0. The van der Waals surface area contributed by atoms with E-state index in [2.05, 4.69) is 4.98 Å². The van der Waals surface area contributed by atoms with Crippen molar-refractivity contribution in [2.45, 2.75) is 19.8 Å². The maximum Gasteiger partial charge on any atom is 0.169 e. The number of carbonyl (C=O) groups is 1. The molecule has 3 aromatic rings. The van der Waals surface area contributed by atoms with Crippen LogP contribution in [-0.2, 0) is 6.42 Å². The molecule has 0 radical (unpaired) electrons. The Morgan fingerprint density at radius 2 is 2.00 bits per heavy atom. The molecule has 2 aromatic carbocycles. The van der Waals surface area contributed by atoms with Crippen LogP contribution in [0.1, 0.15) is 29.3 Å². The lowest BCUT2D eigenvalue weighted by Gasteiger charge is -2.27. The molecule has 0 aliphatic rings. The fraction of sp³-hybridized carbons (Fsp3) is 0.200. The van der Waals surface area contributed by atoms with Crippen LogP contribution in [-0.4, -0.2) is 17.0 Å². The molecule has 3 rings (SSSR count). The summed E-state index contributed by atoms with van der Waals surface area (Å²) in [6, 6.07) is 13.9. The van der Waals surface area contributed by atoms with Gasteiger partial charge in [0.05, 0.1) is 0 Å². The molecule has 5 heteroatoms. The normalized spacial score (nSPS) is 13.0. The second-order valence-electron chi connectivity index (χ2n) is 6.35. The lowest BCUT2D eigenvalue weighted by Crippen LogP contribution is -2.31. The van der Waals surface area contributed by atoms with Gasteiger partial charge in [-0.3, -0.25) is 4.79 Å². The van der Waals surface area contributed by atoms with Crippen molar-refractivity contribution in [1.82, 2.24) is 4.98 Å².